The SMILES string of the molecule is O=C(NCC1CC(c2c(-c3ccc(F)cc3)[nH]c3c(F)cc(F)cc23)C1)c1ccc[nH]1. The Bertz CT molecular complexity index is 1240. The Labute approximate surface area is 176 Å². The number of amides is 1. The van der Waals surface area contributed by atoms with E-state index in [1.165, 1.54) is 18.2 Å². The van der Waals surface area contributed by atoms with E-state index in [1.54, 1.807) is 30.5 Å². The van der Waals surface area contributed by atoms with Gasteiger partial charge in [-0.25, -0.2) is 13.2 Å². The average Bonchev–Trinajstić information content (AvgIpc) is 3.36. The zero-order valence-electron chi connectivity index (χ0n) is 16.5. The van der Waals surface area contributed by atoms with Crippen LogP contribution in [0.15, 0.2) is 54.7 Å². The highest BCUT2D eigenvalue weighted by Gasteiger charge is 2.34. The topological polar surface area (TPSA) is 60.7 Å². The Balaban J connectivity index is 1.41. The summed E-state index contributed by atoms with van der Waals surface area (Å²) in [6, 6.07) is 11.6. The van der Waals surface area contributed by atoms with Crippen LogP contribution >= 0.6 is 0 Å². The molecule has 0 spiro atoms. The van der Waals surface area contributed by atoms with Crippen LogP contribution in [0.1, 0.15) is 34.8 Å². The van der Waals surface area contributed by atoms with E-state index in [9.17, 15) is 18.0 Å². The molecule has 3 N–H and O–H groups in total. The lowest BCUT2D eigenvalue weighted by molar-refractivity contribution is 0.0931. The lowest BCUT2D eigenvalue weighted by Gasteiger charge is -2.36. The Morgan fingerprint density at radius 1 is 1.03 bits per heavy atom. The summed E-state index contributed by atoms with van der Waals surface area (Å²) in [4.78, 5) is 18.1. The number of rotatable bonds is 5. The van der Waals surface area contributed by atoms with Crippen LogP contribution in [0.3, 0.4) is 0 Å². The zero-order valence-corrected chi connectivity index (χ0v) is 16.5. The van der Waals surface area contributed by atoms with Crippen LogP contribution < -0.4 is 5.32 Å². The number of aromatic nitrogens is 2. The summed E-state index contributed by atoms with van der Waals surface area (Å²) in [5, 5.41) is 3.43. The number of hydrogen-bond donors (Lipinski definition) is 3. The molecule has 1 saturated carbocycles. The quantitative estimate of drug-likeness (QED) is 0.390. The third-order valence-corrected chi connectivity index (χ3v) is 6.04. The molecule has 2 heterocycles. The van der Waals surface area contributed by atoms with Gasteiger partial charge in [-0.15, -0.1) is 0 Å². The molecule has 1 fully saturated rings. The first-order valence-electron chi connectivity index (χ1n) is 10.2. The molecule has 0 bridgehead atoms. The standard InChI is InChI=1S/C24H20F3N3O/c25-16-5-3-14(4-6-16)22-21(18-10-17(26)11-19(27)23(18)30-22)15-8-13(9-15)12-29-24(31)20-2-1-7-28-20/h1-7,10-11,13,15,28,30H,8-9,12H2,(H,29,31). The molecule has 2 aromatic carbocycles. The molecule has 1 amide bonds. The number of benzene rings is 2. The van der Waals surface area contributed by atoms with Gasteiger partial charge in [0.15, 0.2) is 0 Å². The highest BCUT2D eigenvalue weighted by Crippen LogP contribution is 2.48. The molecule has 0 saturated heterocycles. The highest BCUT2D eigenvalue weighted by atomic mass is 19.1. The summed E-state index contributed by atoms with van der Waals surface area (Å²) in [5.74, 6) is -1.45. The van der Waals surface area contributed by atoms with Crippen molar-refractivity contribution in [1.82, 2.24) is 15.3 Å². The van der Waals surface area contributed by atoms with Gasteiger partial charge in [-0.1, -0.05) is 0 Å². The lowest BCUT2D eigenvalue weighted by Crippen LogP contribution is -2.35. The second-order valence-corrected chi connectivity index (χ2v) is 8.06. The van der Waals surface area contributed by atoms with Crippen LogP contribution in [0, 0.1) is 23.4 Å². The first-order valence-corrected chi connectivity index (χ1v) is 10.2. The molecular weight excluding hydrogens is 403 g/mol. The zero-order chi connectivity index (χ0) is 21.5. The van der Waals surface area contributed by atoms with E-state index < -0.39 is 11.6 Å². The average molecular weight is 423 g/mol. The van der Waals surface area contributed by atoms with E-state index >= 15 is 0 Å². The van der Waals surface area contributed by atoms with Gasteiger partial charge in [0, 0.05) is 24.2 Å². The molecule has 0 radical (unpaired) electrons. The van der Waals surface area contributed by atoms with Gasteiger partial charge in [0.25, 0.3) is 5.91 Å². The minimum absolute atomic E-state index is 0.0855. The molecule has 0 unspecified atom stereocenters. The number of halogens is 3. The summed E-state index contributed by atoms with van der Waals surface area (Å²) < 4.78 is 41.8. The van der Waals surface area contributed by atoms with E-state index in [1.807, 2.05) is 0 Å². The van der Waals surface area contributed by atoms with Crippen molar-refractivity contribution >= 4 is 16.8 Å². The maximum atomic E-state index is 14.4. The molecule has 4 aromatic rings. The van der Waals surface area contributed by atoms with Gasteiger partial charge in [0.05, 0.1) is 11.2 Å². The molecule has 2 aromatic heterocycles. The number of carbonyl (C=O) groups is 1. The summed E-state index contributed by atoms with van der Waals surface area (Å²) in [6.45, 7) is 0.533. The molecule has 158 valence electrons. The number of fused-ring (bicyclic) bond motifs is 1. The van der Waals surface area contributed by atoms with E-state index in [0.717, 1.165) is 30.0 Å². The summed E-state index contributed by atoms with van der Waals surface area (Å²) in [7, 11) is 0. The van der Waals surface area contributed by atoms with Crippen LogP contribution in [0.25, 0.3) is 22.2 Å². The smallest absolute Gasteiger partial charge is 0.267 e. The van der Waals surface area contributed by atoms with Crippen molar-refractivity contribution in [3.05, 3.63) is 83.4 Å². The fraction of sp³-hybridized carbons (Fsp3) is 0.208. The molecule has 0 atom stereocenters. The molecule has 1 aliphatic rings. The van der Waals surface area contributed by atoms with Gasteiger partial charge in [-0.05, 0) is 78.3 Å². The fourth-order valence-electron chi connectivity index (χ4n) is 4.45. The second-order valence-electron chi connectivity index (χ2n) is 8.06. The van der Waals surface area contributed by atoms with Gasteiger partial charge >= 0.3 is 0 Å². The van der Waals surface area contributed by atoms with Crippen LogP contribution in [0.2, 0.25) is 0 Å². The number of carbonyl (C=O) groups excluding carboxylic acids is 1. The van der Waals surface area contributed by atoms with Crippen molar-refractivity contribution in [2.45, 2.75) is 18.8 Å². The number of hydrogen-bond acceptors (Lipinski definition) is 1. The minimum Gasteiger partial charge on any atom is -0.357 e. The normalized spacial score (nSPS) is 18.2. The predicted molar refractivity (Wildman–Crippen MR) is 112 cm³/mol. The van der Waals surface area contributed by atoms with Gasteiger partial charge in [-0.3, -0.25) is 4.79 Å². The molecular formula is C24H20F3N3O. The third kappa shape index (κ3) is 3.60. The molecule has 4 nitrogen and oxygen atoms in total. The summed E-state index contributed by atoms with van der Waals surface area (Å²) in [5.41, 5.74) is 3.00. The Kier molecular flexibility index (Phi) is 4.81. The van der Waals surface area contributed by atoms with Gasteiger partial charge in [-0.2, -0.15) is 0 Å². The monoisotopic (exact) mass is 423 g/mol. The first kappa shape index (κ1) is 19.5. The minimum atomic E-state index is -0.654. The molecule has 1 aliphatic carbocycles. The number of nitrogens with one attached hydrogen (secondary N) is 3. The number of H-pyrrole nitrogens is 2. The van der Waals surface area contributed by atoms with Crippen molar-refractivity contribution in [2.75, 3.05) is 6.54 Å². The van der Waals surface area contributed by atoms with Crippen LogP contribution in [0.4, 0.5) is 13.2 Å². The number of aromatic amines is 2. The van der Waals surface area contributed by atoms with E-state index in [-0.39, 0.29) is 29.1 Å². The summed E-state index contributed by atoms with van der Waals surface area (Å²) >= 11 is 0. The van der Waals surface area contributed by atoms with E-state index in [0.29, 0.717) is 23.3 Å². The third-order valence-electron chi connectivity index (χ3n) is 6.04. The second kappa shape index (κ2) is 7.65. The Hall–Kier alpha value is -3.48. The Morgan fingerprint density at radius 2 is 1.81 bits per heavy atom. The predicted octanol–water partition coefficient (Wildman–Crippen LogP) is 5.50. The van der Waals surface area contributed by atoms with Gasteiger partial charge in [0.2, 0.25) is 0 Å². The van der Waals surface area contributed by atoms with Crippen molar-refractivity contribution in [3.63, 3.8) is 0 Å². The maximum absolute atomic E-state index is 14.4. The maximum Gasteiger partial charge on any atom is 0.267 e. The van der Waals surface area contributed by atoms with Crippen molar-refractivity contribution in [3.8, 4) is 11.3 Å². The molecule has 5 rings (SSSR count). The van der Waals surface area contributed by atoms with Gasteiger partial charge in [0.1, 0.15) is 23.1 Å². The van der Waals surface area contributed by atoms with Crippen molar-refractivity contribution < 1.29 is 18.0 Å². The molecule has 7 heteroatoms. The largest absolute Gasteiger partial charge is 0.357 e. The van der Waals surface area contributed by atoms with E-state index in [4.69, 9.17) is 0 Å². The van der Waals surface area contributed by atoms with Gasteiger partial charge < -0.3 is 15.3 Å². The Morgan fingerprint density at radius 3 is 2.52 bits per heavy atom. The lowest BCUT2D eigenvalue weighted by atomic mass is 9.70. The van der Waals surface area contributed by atoms with Crippen LogP contribution in [-0.4, -0.2) is 22.4 Å². The fourth-order valence-corrected chi connectivity index (χ4v) is 4.45. The van der Waals surface area contributed by atoms with Crippen molar-refractivity contribution in [1.29, 1.82) is 0 Å². The van der Waals surface area contributed by atoms with Crippen molar-refractivity contribution in [2.24, 2.45) is 5.92 Å². The summed E-state index contributed by atoms with van der Waals surface area (Å²) in [6.07, 6.45) is 3.26. The van der Waals surface area contributed by atoms with Crippen LogP contribution in [-0.2, 0) is 0 Å². The molecule has 0 aliphatic heterocycles. The van der Waals surface area contributed by atoms with Crippen LogP contribution in [0.5, 0.6) is 0 Å². The highest BCUT2D eigenvalue weighted by molar-refractivity contribution is 5.93. The van der Waals surface area contributed by atoms with E-state index in [2.05, 4.69) is 15.3 Å². The first-order chi connectivity index (χ1) is 15.0. The molecule has 31 heavy (non-hydrogen) atoms.